The molecule has 0 aliphatic carbocycles. The molecule has 0 radical (unpaired) electrons. The van der Waals surface area contributed by atoms with Crippen molar-refractivity contribution in [2.75, 3.05) is 12.3 Å². The predicted molar refractivity (Wildman–Crippen MR) is 69.2 cm³/mol. The molecule has 0 spiro atoms. The molecular formula is C13H18N2O3. The van der Waals surface area contributed by atoms with Gasteiger partial charge in [-0.15, -0.1) is 0 Å². The first-order valence-corrected chi connectivity index (χ1v) is 5.81. The number of anilines is 1. The highest BCUT2D eigenvalue weighted by Gasteiger charge is 2.20. The van der Waals surface area contributed by atoms with Crippen molar-refractivity contribution in [2.45, 2.75) is 26.9 Å². The van der Waals surface area contributed by atoms with Crippen molar-refractivity contribution in [1.29, 1.82) is 0 Å². The monoisotopic (exact) mass is 250 g/mol. The number of carbonyl (C=O) groups is 2. The normalized spacial score (nSPS) is 11.7. The largest absolute Gasteiger partial charge is 0.449 e. The number of nitrogens with one attached hydrogen (secondary N) is 1. The van der Waals surface area contributed by atoms with Gasteiger partial charge in [0.25, 0.3) is 5.91 Å². The summed E-state index contributed by atoms with van der Waals surface area (Å²) >= 11 is 0. The van der Waals surface area contributed by atoms with Crippen LogP contribution in [-0.4, -0.2) is 24.5 Å². The molecule has 0 aromatic heterocycles. The van der Waals surface area contributed by atoms with Gasteiger partial charge in [-0.1, -0.05) is 12.1 Å². The molecule has 3 N–H and O–H groups in total. The number of carbonyl (C=O) groups excluding carboxylic acids is 2. The first kappa shape index (κ1) is 14.0. The van der Waals surface area contributed by atoms with Gasteiger partial charge in [-0.2, -0.15) is 0 Å². The van der Waals surface area contributed by atoms with Crippen LogP contribution in [0.2, 0.25) is 0 Å². The topological polar surface area (TPSA) is 81.4 Å². The van der Waals surface area contributed by atoms with Gasteiger partial charge in [-0.25, -0.2) is 4.79 Å². The van der Waals surface area contributed by atoms with Crippen LogP contribution in [0.1, 0.15) is 29.8 Å². The fraction of sp³-hybridized carbons (Fsp3) is 0.385. The minimum atomic E-state index is -0.837. The Hall–Kier alpha value is -2.04. The summed E-state index contributed by atoms with van der Waals surface area (Å²) in [5, 5.41) is 2.58. The van der Waals surface area contributed by atoms with Crippen molar-refractivity contribution < 1.29 is 14.3 Å². The van der Waals surface area contributed by atoms with E-state index in [1.807, 2.05) is 0 Å². The molecule has 1 rings (SSSR count). The zero-order valence-corrected chi connectivity index (χ0v) is 10.8. The van der Waals surface area contributed by atoms with E-state index >= 15 is 0 Å². The van der Waals surface area contributed by atoms with E-state index < -0.39 is 12.1 Å². The smallest absolute Gasteiger partial charge is 0.341 e. The lowest BCUT2D eigenvalue weighted by Crippen LogP contribution is -2.35. The third-order valence-electron chi connectivity index (χ3n) is 2.51. The van der Waals surface area contributed by atoms with Gasteiger partial charge in [0.15, 0.2) is 6.10 Å². The van der Waals surface area contributed by atoms with Crippen molar-refractivity contribution in [2.24, 2.45) is 0 Å². The Balaban J connectivity index is 2.80. The minimum absolute atomic E-state index is 0.314. The summed E-state index contributed by atoms with van der Waals surface area (Å²) in [5.41, 5.74) is 7.12. The van der Waals surface area contributed by atoms with E-state index in [9.17, 15) is 9.59 Å². The van der Waals surface area contributed by atoms with Gasteiger partial charge in [-0.05, 0) is 32.4 Å². The van der Waals surface area contributed by atoms with Gasteiger partial charge >= 0.3 is 5.97 Å². The Morgan fingerprint density at radius 3 is 2.67 bits per heavy atom. The number of nitrogen functional groups attached to an aromatic ring is 1. The molecule has 1 amide bonds. The molecular weight excluding hydrogens is 232 g/mol. The molecule has 5 heteroatoms. The molecule has 0 bridgehead atoms. The quantitative estimate of drug-likeness (QED) is 0.622. The van der Waals surface area contributed by atoms with Crippen molar-refractivity contribution >= 4 is 17.6 Å². The Morgan fingerprint density at radius 2 is 2.11 bits per heavy atom. The van der Waals surface area contributed by atoms with Gasteiger partial charge < -0.3 is 15.8 Å². The van der Waals surface area contributed by atoms with Crippen LogP contribution in [0.4, 0.5) is 5.69 Å². The van der Waals surface area contributed by atoms with Gasteiger partial charge in [0, 0.05) is 12.2 Å². The number of nitrogens with two attached hydrogens (primary N) is 1. The summed E-state index contributed by atoms with van der Waals surface area (Å²) in [5.74, 6) is -0.901. The fourth-order valence-corrected chi connectivity index (χ4v) is 1.56. The third-order valence-corrected chi connectivity index (χ3v) is 2.51. The van der Waals surface area contributed by atoms with Crippen LogP contribution in [0, 0.1) is 6.92 Å². The van der Waals surface area contributed by atoms with Crippen LogP contribution >= 0.6 is 0 Å². The summed E-state index contributed by atoms with van der Waals surface area (Å²) in [6.07, 6.45) is -0.837. The number of aryl methyl sites for hydroxylation is 1. The Labute approximate surface area is 106 Å². The van der Waals surface area contributed by atoms with Crippen molar-refractivity contribution in [3.63, 3.8) is 0 Å². The second-order valence-corrected chi connectivity index (χ2v) is 3.98. The molecule has 0 saturated carbocycles. The molecule has 0 fully saturated rings. The second-order valence-electron chi connectivity index (χ2n) is 3.98. The van der Waals surface area contributed by atoms with E-state index in [0.717, 1.165) is 5.56 Å². The van der Waals surface area contributed by atoms with E-state index in [0.29, 0.717) is 17.8 Å². The first-order chi connectivity index (χ1) is 8.47. The van der Waals surface area contributed by atoms with Crippen molar-refractivity contribution in [3.8, 4) is 0 Å². The number of rotatable bonds is 4. The zero-order chi connectivity index (χ0) is 13.7. The summed E-state index contributed by atoms with van der Waals surface area (Å²) < 4.78 is 5.08. The Kier molecular flexibility index (Phi) is 4.71. The van der Waals surface area contributed by atoms with Crippen molar-refractivity contribution in [3.05, 3.63) is 29.3 Å². The maximum atomic E-state index is 11.9. The standard InChI is InChI=1S/C13H18N2O3/c1-4-15-12(16)9(3)18-13(17)11-8(2)6-5-7-10(11)14/h5-7,9H,4,14H2,1-3H3,(H,15,16). The van der Waals surface area contributed by atoms with Crippen LogP contribution in [0.25, 0.3) is 0 Å². The van der Waals surface area contributed by atoms with Gasteiger partial charge in [0.2, 0.25) is 0 Å². The number of hydrogen-bond donors (Lipinski definition) is 2. The highest BCUT2D eigenvalue weighted by atomic mass is 16.5. The van der Waals surface area contributed by atoms with Gasteiger partial charge in [0.1, 0.15) is 0 Å². The second kappa shape index (κ2) is 6.05. The van der Waals surface area contributed by atoms with E-state index in [2.05, 4.69) is 5.32 Å². The molecule has 1 aromatic carbocycles. The van der Waals surface area contributed by atoms with E-state index in [-0.39, 0.29) is 5.91 Å². The van der Waals surface area contributed by atoms with E-state index in [1.54, 1.807) is 32.0 Å². The van der Waals surface area contributed by atoms with Crippen LogP contribution < -0.4 is 11.1 Å². The number of likely N-dealkylation sites (N-methyl/N-ethyl adjacent to an activating group) is 1. The fourth-order valence-electron chi connectivity index (χ4n) is 1.56. The molecule has 98 valence electrons. The average Bonchev–Trinajstić information content (AvgIpc) is 2.28. The van der Waals surface area contributed by atoms with Gasteiger partial charge in [-0.3, -0.25) is 4.79 Å². The number of amides is 1. The summed E-state index contributed by atoms with van der Waals surface area (Å²) in [7, 11) is 0. The highest BCUT2D eigenvalue weighted by Crippen LogP contribution is 2.18. The average molecular weight is 250 g/mol. The molecule has 1 unspecified atom stereocenters. The van der Waals surface area contributed by atoms with Crippen LogP contribution in [0.3, 0.4) is 0 Å². The molecule has 0 aliphatic rings. The van der Waals surface area contributed by atoms with Crippen LogP contribution in [0.5, 0.6) is 0 Å². The molecule has 0 saturated heterocycles. The Morgan fingerprint density at radius 1 is 1.44 bits per heavy atom. The van der Waals surface area contributed by atoms with E-state index in [4.69, 9.17) is 10.5 Å². The van der Waals surface area contributed by atoms with Crippen LogP contribution in [-0.2, 0) is 9.53 Å². The summed E-state index contributed by atoms with van der Waals surface area (Å²) in [4.78, 5) is 23.4. The lowest BCUT2D eigenvalue weighted by atomic mass is 10.1. The number of hydrogen-bond acceptors (Lipinski definition) is 4. The third kappa shape index (κ3) is 3.23. The molecule has 0 heterocycles. The zero-order valence-electron chi connectivity index (χ0n) is 10.8. The number of benzene rings is 1. The predicted octanol–water partition coefficient (Wildman–Crippen LogP) is 1.26. The minimum Gasteiger partial charge on any atom is -0.449 e. The SMILES string of the molecule is CCNC(=O)C(C)OC(=O)c1c(C)cccc1N. The lowest BCUT2D eigenvalue weighted by molar-refractivity contribution is -0.128. The lowest BCUT2D eigenvalue weighted by Gasteiger charge is -2.14. The number of esters is 1. The summed E-state index contributed by atoms with van der Waals surface area (Å²) in [6, 6.07) is 5.15. The molecule has 1 aromatic rings. The maximum Gasteiger partial charge on any atom is 0.341 e. The van der Waals surface area contributed by atoms with Crippen LogP contribution in [0.15, 0.2) is 18.2 Å². The molecule has 18 heavy (non-hydrogen) atoms. The van der Waals surface area contributed by atoms with E-state index in [1.165, 1.54) is 6.92 Å². The summed E-state index contributed by atoms with van der Waals surface area (Å²) in [6.45, 7) is 5.58. The first-order valence-electron chi connectivity index (χ1n) is 5.81. The van der Waals surface area contributed by atoms with Gasteiger partial charge in [0.05, 0.1) is 5.56 Å². The number of ether oxygens (including phenoxy) is 1. The Bertz CT molecular complexity index is 437. The highest BCUT2D eigenvalue weighted by molar-refractivity contribution is 5.98. The molecule has 0 aliphatic heterocycles. The van der Waals surface area contributed by atoms with Crippen molar-refractivity contribution in [1.82, 2.24) is 5.32 Å². The molecule has 5 nitrogen and oxygen atoms in total. The molecule has 1 atom stereocenters. The maximum absolute atomic E-state index is 11.9.